The number of aliphatic hydroxyl groups is 1. The average molecular weight is 196 g/mol. The first-order valence-electron chi connectivity index (χ1n) is 3.92. The molecule has 0 fully saturated rings. The summed E-state index contributed by atoms with van der Waals surface area (Å²) in [5, 5.41) is 10.1. The molecule has 13 heavy (non-hydrogen) atoms. The minimum Gasteiger partial charge on any atom is -0.387 e. The third kappa shape index (κ3) is 2.73. The van der Waals surface area contributed by atoms with Crippen molar-refractivity contribution < 1.29 is 5.11 Å². The number of halogens is 1. The van der Waals surface area contributed by atoms with Crippen LogP contribution in [0.4, 0.5) is 0 Å². The standard InChI is InChI=1S/C10H10ClNO/c1-2-3-4-10(13)8-5-6-12-7-9(8)11/h5-7,10,13H,4H2,1H3. The lowest BCUT2D eigenvalue weighted by Gasteiger charge is -2.08. The number of nitrogens with zero attached hydrogens (tertiary/aromatic N) is 1. The molecule has 3 heteroatoms. The zero-order chi connectivity index (χ0) is 9.68. The predicted molar refractivity (Wildman–Crippen MR) is 52.3 cm³/mol. The largest absolute Gasteiger partial charge is 0.387 e. The van der Waals surface area contributed by atoms with Crippen molar-refractivity contribution in [3.05, 3.63) is 29.0 Å². The van der Waals surface area contributed by atoms with Gasteiger partial charge in [-0.25, -0.2) is 0 Å². The highest BCUT2D eigenvalue weighted by atomic mass is 35.5. The molecule has 0 amide bonds. The summed E-state index contributed by atoms with van der Waals surface area (Å²) >= 11 is 5.83. The molecule has 1 rings (SSSR count). The van der Waals surface area contributed by atoms with Crippen LogP contribution in [0.3, 0.4) is 0 Å². The Balaban J connectivity index is 2.80. The zero-order valence-electron chi connectivity index (χ0n) is 7.29. The van der Waals surface area contributed by atoms with Crippen LogP contribution < -0.4 is 0 Å². The molecule has 1 aromatic heterocycles. The Labute approximate surface area is 82.6 Å². The Morgan fingerprint density at radius 1 is 1.69 bits per heavy atom. The fourth-order valence-corrected chi connectivity index (χ4v) is 1.21. The van der Waals surface area contributed by atoms with Crippen molar-refractivity contribution in [2.75, 3.05) is 0 Å². The zero-order valence-corrected chi connectivity index (χ0v) is 8.04. The maximum absolute atomic E-state index is 9.62. The van der Waals surface area contributed by atoms with Crippen LogP contribution in [-0.4, -0.2) is 10.1 Å². The Hall–Kier alpha value is -1.04. The molecule has 0 saturated heterocycles. The number of aliphatic hydroxyl groups excluding tert-OH is 1. The lowest BCUT2D eigenvalue weighted by molar-refractivity contribution is 0.184. The van der Waals surface area contributed by atoms with Gasteiger partial charge in [-0.05, 0) is 13.0 Å². The van der Waals surface area contributed by atoms with E-state index < -0.39 is 6.10 Å². The second-order valence-corrected chi connectivity index (χ2v) is 2.95. The molecular weight excluding hydrogens is 186 g/mol. The molecule has 0 aliphatic rings. The first-order valence-corrected chi connectivity index (χ1v) is 4.30. The van der Waals surface area contributed by atoms with Crippen molar-refractivity contribution >= 4 is 11.6 Å². The van der Waals surface area contributed by atoms with Crippen LogP contribution in [0.2, 0.25) is 5.02 Å². The van der Waals surface area contributed by atoms with Crippen LogP contribution in [0.15, 0.2) is 18.5 Å². The van der Waals surface area contributed by atoms with Crippen molar-refractivity contribution in [3.8, 4) is 11.8 Å². The highest BCUT2D eigenvalue weighted by Crippen LogP contribution is 2.23. The molecule has 1 unspecified atom stereocenters. The van der Waals surface area contributed by atoms with E-state index in [1.165, 1.54) is 6.20 Å². The lowest BCUT2D eigenvalue weighted by atomic mass is 10.1. The molecule has 1 heterocycles. The number of hydrogen-bond donors (Lipinski definition) is 1. The van der Waals surface area contributed by atoms with Crippen molar-refractivity contribution in [2.24, 2.45) is 0 Å². The Bertz CT molecular complexity index is 340. The molecule has 0 aromatic carbocycles. The van der Waals surface area contributed by atoms with Gasteiger partial charge < -0.3 is 5.11 Å². The molecular formula is C10H10ClNO. The van der Waals surface area contributed by atoms with Gasteiger partial charge in [-0.2, -0.15) is 0 Å². The summed E-state index contributed by atoms with van der Waals surface area (Å²) in [6, 6.07) is 1.70. The van der Waals surface area contributed by atoms with Gasteiger partial charge in [0.1, 0.15) is 0 Å². The minimum absolute atomic E-state index is 0.403. The third-order valence-electron chi connectivity index (χ3n) is 1.64. The maximum Gasteiger partial charge on any atom is 0.0914 e. The fraction of sp³-hybridized carbons (Fsp3) is 0.300. The van der Waals surface area contributed by atoms with Crippen LogP contribution in [0.5, 0.6) is 0 Å². The summed E-state index contributed by atoms with van der Waals surface area (Å²) in [5.41, 5.74) is 0.680. The van der Waals surface area contributed by atoms with Gasteiger partial charge in [0.15, 0.2) is 0 Å². The van der Waals surface area contributed by atoms with E-state index in [9.17, 15) is 5.11 Å². The van der Waals surface area contributed by atoms with E-state index in [-0.39, 0.29) is 0 Å². The predicted octanol–water partition coefficient (Wildman–Crippen LogP) is 2.18. The third-order valence-corrected chi connectivity index (χ3v) is 1.95. The highest BCUT2D eigenvalue weighted by Gasteiger charge is 2.09. The van der Waals surface area contributed by atoms with E-state index in [1.54, 1.807) is 19.2 Å². The summed E-state index contributed by atoms with van der Waals surface area (Å²) in [7, 11) is 0. The smallest absolute Gasteiger partial charge is 0.0914 e. The summed E-state index contributed by atoms with van der Waals surface area (Å²) in [6.07, 6.45) is 2.90. The highest BCUT2D eigenvalue weighted by molar-refractivity contribution is 6.31. The fourth-order valence-electron chi connectivity index (χ4n) is 0.965. The van der Waals surface area contributed by atoms with Crippen molar-refractivity contribution in [2.45, 2.75) is 19.4 Å². The van der Waals surface area contributed by atoms with E-state index in [0.29, 0.717) is 17.0 Å². The van der Waals surface area contributed by atoms with Crippen LogP contribution in [0.25, 0.3) is 0 Å². The number of rotatable bonds is 2. The second-order valence-electron chi connectivity index (χ2n) is 2.54. The first-order chi connectivity index (χ1) is 6.25. The Morgan fingerprint density at radius 2 is 2.46 bits per heavy atom. The van der Waals surface area contributed by atoms with E-state index >= 15 is 0 Å². The molecule has 0 bridgehead atoms. The normalized spacial score (nSPS) is 11.6. The van der Waals surface area contributed by atoms with Gasteiger partial charge in [-0.3, -0.25) is 4.98 Å². The van der Waals surface area contributed by atoms with Crippen LogP contribution >= 0.6 is 11.6 Å². The molecule has 1 atom stereocenters. The molecule has 1 N–H and O–H groups in total. The first kappa shape index (κ1) is 10.0. The van der Waals surface area contributed by atoms with E-state index in [1.807, 2.05) is 0 Å². The van der Waals surface area contributed by atoms with Gasteiger partial charge in [0.2, 0.25) is 0 Å². The average Bonchev–Trinajstić information content (AvgIpc) is 2.15. The van der Waals surface area contributed by atoms with E-state index in [2.05, 4.69) is 16.8 Å². The van der Waals surface area contributed by atoms with Crippen molar-refractivity contribution in [1.82, 2.24) is 4.98 Å². The molecule has 2 nitrogen and oxygen atoms in total. The summed E-state index contributed by atoms with van der Waals surface area (Å²) < 4.78 is 0. The topological polar surface area (TPSA) is 33.1 Å². The Morgan fingerprint density at radius 3 is 3.08 bits per heavy atom. The van der Waals surface area contributed by atoms with Gasteiger partial charge in [0.25, 0.3) is 0 Å². The monoisotopic (exact) mass is 195 g/mol. The summed E-state index contributed by atoms with van der Waals surface area (Å²) in [4.78, 5) is 3.83. The molecule has 0 saturated carbocycles. The second kappa shape index (κ2) is 4.86. The SMILES string of the molecule is CC#CCC(O)c1ccncc1Cl. The number of hydrogen-bond acceptors (Lipinski definition) is 2. The molecule has 1 aromatic rings. The van der Waals surface area contributed by atoms with Crippen molar-refractivity contribution in [1.29, 1.82) is 0 Å². The molecule has 0 radical (unpaired) electrons. The van der Waals surface area contributed by atoms with Gasteiger partial charge in [-0.1, -0.05) is 11.6 Å². The van der Waals surface area contributed by atoms with Gasteiger partial charge in [-0.15, -0.1) is 11.8 Å². The van der Waals surface area contributed by atoms with Gasteiger partial charge in [0.05, 0.1) is 11.1 Å². The minimum atomic E-state index is -0.622. The maximum atomic E-state index is 9.62. The number of pyridine rings is 1. The Kier molecular flexibility index (Phi) is 3.75. The van der Waals surface area contributed by atoms with Crippen molar-refractivity contribution in [3.63, 3.8) is 0 Å². The van der Waals surface area contributed by atoms with Gasteiger partial charge in [0, 0.05) is 24.4 Å². The lowest BCUT2D eigenvalue weighted by Crippen LogP contribution is -1.97. The van der Waals surface area contributed by atoms with Crippen LogP contribution in [-0.2, 0) is 0 Å². The van der Waals surface area contributed by atoms with Gasteiger partial charge >= 0.3 is 0 Å². The molecule has 0 spiro atoms. The van der Waals surface area contributed by atoms with Crippen LogP contribution in [0, 0.1) is 11.8 Å². The summed E-state index contributed by atoms with van der Waals surface area (Å²) in [6.45, 7) is 1.74. The molecule has 68 valence electrons. The number of aromatic nitrogens is 1. The van der Waals surface area contributed by atoms with E-state index in [0.717, 1.165) is 0 Å². The molecule has 0 aliphatic heterocycles. The molecule has 0 aliphatic carbocycles. The van der Waals surface area contributed by atoms with Crippen LogP contribution in [0.1, 0.15) is 25.0 Å². The van der Waals surface area contributed by atoms with E-state index in [4.69, 9.17) is 11.6 Å². The summed E-state index contributed by atoms with van der Waals surface area (Å²) in [5.74, 6) is 5.51. The quantitative estimate of drug-likeness (QED) is 0.734.